The number of nitrogens with two attached hydrogens (primary N) is 3. The first kappa shape index (κ1) is 36.0. The highest BCUT2D eigenvalue weighted by molar-refractivity contribution is 5.94. The first-order chi connectivity index (χ1) is 21.4. The Labute approximate surface area is 259 Å². The third kappa shape index (κ3) is 13.3. The fourth-order valence-electron chi connectivity index (χ4n) is 4.08. The van der Waals surface area contributed by atoms with Crippen LogP contribution in [0.2, 0.25) is 0 Å². The van der Waals surface area contributed by atoms with Crippen molar-refractivity contribution in [3.05, 3.63) is 65.7 Å². The summed E-state index contributed by atoms with van der Waals surface area (Å²) in [5, 5.41) is 37.7. The lowest BCUT2D eigenvalue weighted by molar-refractivity contribution is -0.143. The molecule has 2 rings (SSSR count). The Hall–Kier alpha value is -5.22. The van der Waals surface area contributed by atoms with Crippen molar-refractivity contribution in [2.24, 2.45) is 22.2 Å². The SMILES string of the molecule is NC(N)=NCCC[C@H](NC(=O)CNC(=O)[C@@H](N)Cc1ccc(O)cc1)C(=O)N[C@@H](Cc1ccccc1)C(=O)N[C@@H](CO)C(=O)O. The van der Waals surface area contributed by atoms with Crippen LogP contribution in [0.3, 0.4) is 0 Å². The molecule has 2 aromatic rings. The van der Waals surface area contributed by atoms with E-state index in [0.29, 0.717) is 11.1 Å². The minimum atomic E-state index is -1.60. The number of benzene rings is 2. The number of guanidine groups is 1. The fraction of sp³-hybridized carbons (Fsp3) is 0.379. The first-order valence-electron chi connectivity index (χ1n) is 14.0. The van der Waals surface area contributed by atoms with Crippen LogP contribution in [-0.4, -0.2) is 94.7 Å². The van der Waals surface area contributed by atoms with Crippen LogP contribution in [0.15, 0.2) is 59.6 Å². The predicted octanol–water partition coefficient (Wildman–Crippen LogP) is -2.79. The van der Waals surface area contributed by atoms with Gasteiger partial charge in [-0.1, -0.05) is 42.5 Å². The lowest BCUT2D eigenvalue weighted by Gasteiger charge is -2.24. The number of carbonyl (C=O) groups excluding carboxylic acids is 4. The van der Waals surface area contributed by atoms with Crippen molar-refractivity contribution >= 4 is 35.6 Å². The summed E-state index contributed by atoms with van der Waals surface area (Å²) in [6.07, 6.45) is 0.408. The molecule has 0 spiro atoms. The molecule has 2 aromatic carbocycles. The second kappa shape index (κ2) is 18.4. The van der Waals surface area contributed by atoms with Gasteiger partial charge in [0.25, 0.3) is 0 Å². The van der Waals surface area contributed by atoms with E-state index in [1.807, 2.05) is 0 Å². The van der Waals surface area contributed by atoms with Gasteiger partial charge in [-0.25, -0.2) is 4.79 Å². The van der Waals surface area contributed by atoms with Crippen molar-refractivity contribution < 1.29 is 39.3 Å². The molecular formula is C29H40N8O8. The topological polar surface area (TPSA) is 285 Å². The summed E-state index contributed by atoms with van der Waals surface area (Å²) in [7, 11) is 0. The molecule has 0 bridgehead atoms. The highest BCUT2D eigenvalue weighted by Gasteiger charge is 2.29. The number of nitrogens with zero attached hydrogens (tertiary/aromatic N) is 1. The van der Waals surface area contributed by atoms with Crippen molar-refractivity contribution in [3.8, 4) is 5.75 Å². The second-order valence-corrected chi connectivity index (χ2v) is 10.1. The van der Waals surface area contributed by atoms with E-state index in [9.17, 15) is 39.3 Å². The Morgan fingerprint density at radius 2 is 1.38 bits per heavy atom. The normalized spacial score (nSPS) is 13.3. The largest absolute Gasteiger partial charge is 0.508 e. The minimum Gasteiger partial charge on any atom is -0.508 e. The van der Waals surface area contributed by atoms with Gasteiger partial charge in [-0.15, -0.1) is 0 Å². The van der Waals surface area contributed by atoms with Crippen LogP contribution < -0.4 is 38.5 Å². The molecule has 0 radical (unpaired) electrons. The number of phenols is 1. The summed E-state index contributed by atoms with van der Waals surface area (Å²) in [6, 6.07) is 9.66. The maximum atomic E-state index is 13.4. The number of carboxylic acid groups (broad SMARTS) is 1. The number of carbonyl (C=O) groups is 5. The van der Waals surface area contributed by atoms with Gasteiger partial charge >= 0.3 is 5.97 Å². The van der Waals surface area contributed by atoms with Crippen LogP contribution >= 0.6 is 0 Å². The molecule has 0 saturated carbocycles. The molecule has 4 amide bonds. The quantitative estimate of drug-likeness (QED) is 0.0457. The smallest absolute Gasteiger partial charge is 0.328 e. The molecule has 0 aliphatic rings. The summed E-state index contributed by atoms with van der Waals surface area (Å²) in [4.78, 5) is 66.9. The Bertz CT molecular complexity index is 1320. The van der Waals surface area contributed by atoms with E-state index in [4.69, 9.17) is 17.2 Å². The molecule has 16 nitrogen and oxygen atoms in total. The summed E-state index contributed by atoms with van der Waals surface area (Å²) in [6.45, 7) is -1.25. The maximum Gasteiger partial charge on any atom is 0.328 e. The summed E-state index contributed by atoms with van der Waals surface area (Å²) in [5.74, 6) is -4.55. The number of rotatable bonds is 18. The Kier molecular flexibility index (Phi) is 14.7. The molecule has 0 aliphatic carbocycles. The molecule has 0 unspecified atom stereocenters. The number of phenolic OH excluding ortho intramolecular Hbond substituents is 1. The van der Waals surface area contributed by atoms with Crippen LogP contribution in [-0.2, 0) is 36.8 Å². The van der Waals surface area contributed by atoms with Crippen molar-refractivity contribution in [1.29, 1.82) is 0 Å². The first-order valence-corrected chi connectivity index (χ1v) is 14.0. The zero-order chi connectivity index (χ0) is 33.4. The number of amides is 4. The van der Waals surface area contributed by atoms with E-state index in [0.717, 1.165) is 0 Å². The van der Waals surface area contributed by atoms with Gasteiger partial charge < -0.3 is 53.8 Å². The van der Waals surface area contributed by atoms with E-state index < -0.39 is 66.9 Å². The van der Waals surface area contributed by atoms with E-state index in [-0.39, 0.29) is 43.9 Å². The lowest BCUT2D eigenvalue weighted by atomic mass is 10.0. The van der Waals surface area contributed by atoms with Crippen LogP contribution in [0, 0.1) is 0 Å². The number of aromatic hydroxyl groups is 1. The molecule has 0 aliphatic heterocycles. The van der Waals surface area contributed by atoms with Crippen LogP contribution in [0.4, 0.5) is 0 Å². The van der Waals surface area contributed by atoms with Gasteiger partial charge in [0.05, 0.1) is 19.2 Å². The van der Waals surface area contributed by atoms with Crippen molar-refractivity contribution in [3.63, 3.8) is 0 Å². The predicted molar refractivity (Wildman–Crippen MR) is 163 cm³/mol. The Morgan fingerprint density at radius 1 is 0.778 bits per heavy atom. The van der Waals surface area contributed by atoms with Gasteiger partial charge in [-0.3, -0.25) is 24.2 Å². The molecule has 0 aromatic heterocycles. The van der Waals surface area contributed by atoms with E-state index in [1.54, 1.807) is 42.5 Å². The molecule has 4 atom stereocenters. The molecule has 13 N–H and O–H groups in total. The average Bonchev–Trinajstić information content (AvgIpc) is 3.00. The number of aliphatic carboxylic acids is 1. The highest BCUT2D eigenvalue weighted by Crippen LogP contribution is 2.11. The Morgan fingerprint density at radius 3 is 1.98 bits per heavy atom. The maximum absolute atomic E-state index is 13.4. The lowest BCUT2D eigenvalue weighted by Crippen LogP contribution is -2.57. The third-order valence-electron chi connectivity index (χ3n) is 6.46. The average molecular weight is 629 g/mol. The second-order valence-electron chi connectivity index (χ2n) is 10.1. The number of aliphatic imine (C=N–C) groups is 1. The Balaban J connectivity index is 2.11. The number of aliphatic hydroxyl groups is 1. The van der Waals surface area contributed by atoms with E-state index in [1.165, 1.54) is 12.1 Å². The van der Waals surface area contributed by atoms with Crippen LogP contribution in [0.5, 0.6) is 5.75 Å². The zero-order valence-corrected chi connectivity index (χ0v) is 24.5. The minimum absolute atomic E-state index is 0.0280. The monoisotopic (exact) mass is 628 g/mol. The van der Waals surface area contributed by atoms with E-state index >= 15 is 0 Å². The molecule has 244 valence electrons. The fourth-order valence-corrected chi connectivity index (χ4v) is 4.08. The van der Waals surface area contributed by atoms with Gasteiger partial charge in [0.1, 0.15) is 23.9 Å². The summed E-state index contributed by atoms with van der Waals surface area (Å²) in [5.41, 5.74) is 18.0. The third-order valence-corrected chi connectivity index (χ3v) is 6.46. The molecule has 45 heavy (non-hydrogen) atoms. The van der Waals surface area contributed by atoms with E-state index in [2.05, 4.69) is 26.3 Å². The molecule has 0 saturated heterocycles. The van der Waals surface area contributed by atoms with Crippen LogP contribution in [0.25, 0.3) is 0 Å². The zero-order valence-electron chi connectivity index (χ0n) is 24.5. The number of carboxylic acids is 1. The number of aliphatic hydroxyl groups excluding tert-OH is 1. The van der Waals surface area contributed by atoms with Gasteiger partial charge in [0.2, 0.25) is 23.6 Å². The van der Waals surface area contributed by atoms with Crippen molar-refractivity contribution in [2.45, 2.75) is 49.9 Å². The van der Waals surface area contributed by atoms with Gasteiger partial charge in [-0.05, 0) is 42.5 Å². The molecule has 0 fully saturated rings. The van der Waals surface area contributed by atoms with Gasteiger partial charge in [0.15, 0.2) is 5.96 Å². The van der Waals surface area contributed by atoms with Crippen molar-refractivity contribution in [2.75, 3.05) is 19.7 Å². The number of nitrogens with one attached hydrogen (secondary N) is 4. The highest BCUT2D eigenvalue weighted by atomic mass is 16.4. The van der Waals surface area contributed by atoms with Crippen LogP contribution in [0.1, 0.15) is 24.0 Å². The molecular weight excluding hydrogens is 588 g/mol. The summed E-state index contributed by atoms with van der Waals surface area (Å²) < 4.78 is 0. The molecule has 0 heterocycles. The van der Waals surface area contributed by atoms with Crippen molar-refractivity contribution in [1.82, 2.24) is 21.3 Å². The number of hydrogen-bond donors (Lipinski definition) is 10. The standard InChI is InChI=1S/C29H40N8O8/c30-20(13-18-8-10-19(39)11-9-18)25(41)34-15-24(40)35-21(7-4-12-33-29(31)32)26(42)36-22(14-17-5-2-1-3-6-17)27(43)37-23(16-38)28(44)45/h1-3,5-6,8-11,20-23,38-39H,4,7,12-16,30H2,(H,34,41)(H,35,40)(H,36,42)(H,37,43)(H,44,45)(H4,31,32,33)/t20-,21-,22-,23-/m0/s1. The number of hydrogen-bond acceptors (Lipinski definition) is 9. The molecule has 16 heteroatoms. The summed E-state index contributed by atoms with van der Waals surface area (Å²) >= 11 is 0. The van der Waals surface area contributed by atoms with Gasteiger partial charge in [0, 0.05) is 13.0 Å². The van der Waals surface area contributed by atoms with Gasteiger partial charge in [-0.2, -0.15) is 0 Å².